The summed E-state index contributed by atoms with van der Waals surface area (Å²) in [5.41, 5.74) is 1.52. The molecular weight excluding hydrogens is 452 g/mol. The highest BCUT2D eigenvalue weighted by atomic mass is 32.2. The summed E-state index contributed by atoms with van der Waals surface area (Å²) in [6.07, 6.45) is 0.950. The van der Waals surface area contributed by atoms with E-state index in [-0.39, 0.29) is 18.0 Å². The topological polar surface area (TPSA) is 84.9 Å². The highest BCUT2D eigenvalue weighted by Crippen LogP contribution is 2.32. The van der Waals surface area contributed by atoms with Crippen LogP contribution in [-0.4, -0.2) is 40.6 Å². The van der Waals surface area contributed by atoms with Crippen LogP contribution in [-0.2, 0) is 21.2 Å². The first-order valence-electron chi connectivity index (χ1n) is 11.2. The number of rotatable bonds is 12. The minimum absolute atomic E-state index is 0.0907. The number of carbonyl (C=O) groups excluding carboxylic acids is 1. The molecule has 3 aromatic rings. The van der Waals surface area contributed by atoms with Crippen molar-refractivity contribution in [3.05, 3.63) is 84.4 Å². The molecule has 0 atom stereocenters. The maximum Gasteiger partial charge on any atom is 0.264 e. The Morgan fingerprint density at radius 2 is 1.56 bits per heavy atom. The SMILES string of the molecule is CCOc1ccccc1N(CC(=O)NCCOc1ccc(CC)cc1)S(=O)(=O)c1ccccc1. The van der Waals surface area contributed by atoms with E-state index < -0.39 is 22.5 Å². The van der Waals surface area contributed by atoms with Gasteiger partial charge in [-0.3, -0.25) is 9.10 Å². The van der Waals surface area contributed by atoms with E-state index in [2.05, 4.69) is 12.2 Å². The van der Waals surface area contributed by atoms with Gasteiger partial charge in [-0.1, -0.05) is 49.4 Å². The first-order chi connectivity index (χ1) is 16.5. The van der Waals surface area contributed by atoms with Crippen molar-refractivity contribution in [1.82, 2.24) is 5.32 Å². The van der Waals surface area contributed by atoms with E-state index in [4.69, 9.17) is 9.47 Å². The monoisotopic (exact) mass is 482 g/mol. The van der Waals surface area contributed by atoms with Crippen LogP contribution in [0.15, 0.2) is 83.8 Å². The first kappa shape index (κ1) is 25.1. The third kappa shape index (κ3) is 6.51. The molecule has 7 nitrogen and oxygen atoms in total. The Labute approximate surface area is 201 Å². The molecule has 0 unspecified atom stereocenters. The largest absolute Gasteiger partial charge is 0.492 e. The van der Waals surface area contributed by atoms with Gasteiger partial charge in [0, 0.05) is 0 Å². The number of aryl methyl sites for hydroxylation is 1. The first-order valence-corrected chi connectivity index (χ1v) is 12.7. The lowest BCUT2D eigenvalue weighted by atomic mass is 10.2. The van der Waals surface area contributed by atoms with Crippen molar-refractivity contribution in [3.63, 3.8) is 0 Å². The van der Waals surface area contributed by atoms with E-state index in [1.165, 1.54) is 17.7 Å². The number of carbonyl (C=O) groups is 1. The molecule has 0 bridgehead atoms. The highest BCUT2D eigenvalue weighted by molar-refractivity contribution is 7.92. The predicted octanol–water partition coefficient (Wildman–Crippen LogP) is 4.04. The third-order valence-electron chi connectivity index (χ3n) is 5.08. The molecule has 0 saturated carbocycles. The number of amides is 1. The quantitative estimate of drug-likeness (QED) is 0.394. The third-order valence-corrected chi connectivity index (χ3v) is 6.85. The average molecular weight is 483 g/mol. The molecule has 0 radical (unpaired) electrons. The number of ether oxygens (including phenoxy) is 2. The molecule has 3 aromatic carbocycles. The lowest BCUT2D eigenvalue weighted by Gasteiger charge is -2.26. The van der Waals surface area contributed by atoms with Gasteiger partial charge in [0.25, 0.3) is 10.0 Å². The zero-order chi connectivity index (χ0) is 24.4. The summed E-state index contributed by atoms with van der Waals surface area (Å²) in [5, 5.41) is 2.74. The van der Waals surface area contributed by atoms with Crippen molar-refractivity contribution in [2.24, 2.45) is 0 Å². The van der Waals surface area contributed by atoms with Crippen molar-refractivity contribution in [3.8, 4) is 11.5 Å². The second-order valence-corrected chi connectivity index (χ2v) is 9.28. The number of para-hydroxylation sites is 2. The Balaban J connectivity index is 1.72. The van der Waals surface area contributed by atoms with Crippen LogP contribution in [0.4, 0.5) is 5.69 Å². The molecule has 3 rings (SSSR count). The number of hydrogen-bond donors (Lipinski definition) is 1. The zero-order valence-corrected chi connectivity index (χ0v) is 20.3. The number of anilines is 1. The van der Waals surface area contributed by atoms with Gasteiger partial charge in [-0.05, 0) is 55.3 Å². The molecule has 0 fully saturated rings. The highest BCUT2D eigenvalue weighted by Gasteiger charge is 2.29. The molecule has 8 heteroatoms. The fourth-order valence-corrected chi connectivity index (χ4v) is 4.78. The van der Waals surface area contributed by atoms with Gasteiger partial charge in [-0.25, -0.2) is 8.42 Å². The van der Waals surface area contributed by atoms with Gasteiger partial charge in [0.15, 0.2) is 0 Å². The standard InChI is InChI=1S/C26H30N2O5S/c1-3-21-14-16-22(17-15-21)33-19-18-27-26(29)20-28(24-12-8-9-13-25(24)32-4-2)34(30,31)23-10-6-5-7-11-23/h5-17H,3-4,18-20H2,1-2H3,(H,27,29). The normalized spacial score (nSPS) is 11.0. The molecule has 0 aliphatic rings. The van der Waals surface area contributed by atoms with E-state index in [1.54, 1.807) is 42.5 Å². The Morgan fingerprint density at radius 1 is 0.882 bits per heavy atom. The Morgan fingerprint density at radius 3 is 2.24 bits per heavy atom. The van der Waals surface area contributed by atoms with Crippen LogP contribution in [0.25, 0.3) is 0 Å². The Hall–Kier alpha value is -3.52. The fraction of sp³-hybridized carbons (Fsp3) is 0.269. The lowest BCUT2D eigenvalue weighted by Crippen LogP contribution is -2.42. The van der Waals surface area contributed by atoms with Crippen LogP contribution >= 0.6 is 0 Å². The van der Waals surface area contributed by atoms with Gasteiger partial charge >= 0.3 is 0 Å². The van der Waals surface area contributed by atoms with Crippen LogP contribution in [0, 0.1) is 0 Å². The van der Waals surface area contributed by atoms with Crippen LogP contribution in [0.5, 0.6) is 11.5 Å². The van der Waals surface area contributed by atoms with Crippen molar-refractivity contribution >= 4 is 21.6 Å². The summed E-state index contributed by atoms with van der Waals surface area (Å²) in [7, 11) is -4.01. The smallest absolute Gasteiger partial charge is 0.264 e. The van der Waals surface area contributed by atoms with Crippen molar-refractivity contribution in [2.45, 2.75) is 25.2 Å². The number of hydrogen-bond acceptors (Lipinski definition) is 5. The van der Waals surface area contributed by atoms with Gasteiger partial charge in [-0.2, -0.15) is 0 Å². The molecule has 0 aliphatic heterocycles. The summed E-state index contributed by atoms with van der Waals surface area (Å²) in [6.45, 7) is 4.36. The summed E-state index contributed by atoms with van der Waals surface area (Å²) in [4.78, 5) is 12.8. The van der Waals surface area contributed by atoms with Crippen LogP contribution < -0.4 is 19.1 Å². The maximum absolute atomic E-state index is 13.5. The van der Waals surface area contributed by atoms with E-state index in [0.717, 1.165) is 10.7 Å². The number of benzene rings is 3. The molecule has 0 saturated heterocycles. The van der Waals surface area contributed by atoms with E-state index in [1.807, 2.05) is 31.2 Å². The average Bonchev–Trinajstić information content (AvgIpc) is 2.87. The van der Waals surface area contributed by atoms with E-state index >= 15 is 0 Å². The lowest BCUT2D eigenvalue weighted by molar-refractivity contribution is -0.119. The van der Waals surface area contributed by atoms with Crippen LogP contribution in [0.3, 0.4) is 0 Å². The molecule has 34 heavy (non-hydrogen) atoms. The molecule has 0 heterocycles. The minimum atomic E-state index is -4.01. The second kappa shape index (κ2) is 12.1. The number of nitrogens with one attached hydrogen (secondary N) is 1. The molecule has 1 N–H and O–H groups in total. The summed E-state index contributed by atoms with van der Waals surface area (Å²) in [6, 6.07) is 22.6. The van der Waals surface area contributed by atoms with E-state index in [9.17, 15) is 13.2 Å². The minimum Gasteiger partial charge on any atom is -0.492 e. The number of nitrogens with zero attached hydrogens (tertiary/aromatic N) is 1. The fourth-order valence-electron chi connectivity index (χ4n) is 3.33. The van der Waals surface area contributed by atoms with Crippen LogP contribution in [0.1, 0.15) is 19.4 Å². The van der Waals surface area contributed by atoms with Crippen molar-refractivity contribution in [2.75, 3.05) is 30.6 Å². The zero-order valence-electron chi connectivity index (χ0n) is 19.4. The molecular formula is C26H30N2O5S. The molecule has 180 valence electrons. The van der Waals surface area contributed by atoms with Crippen LogP contribution in [0.2, 0.25) is 0 Å². The van der Waals surface area contributed by atoms with Gasteiger partial charge in [0.1, 0.15) is 24.7 Å². The Bertz CT molecular complexity index is 1170. The van der Waals surface area contributed by atoms with Gasteiger partial charge < -0.3 is 14.8 Å². The summed E-state index contributed by atoms with van der Waals surface area (Å²) >= 11 is 0. The van der Waals surface area contributed by atoms with Crippen molar-refractivity contribution < 1.29 is 22.7 Å². The van der Waals surface area contributed by atoms with Gasteiger partial charge in [0.2, 0.25) is 5.91 Å². The molecule has 0 aromatic heterocycles. The summed E-state index contributed by atoms with van der Waals surface area (Å²) < 4.78 is 39.3. The summed E-state index contributed by atoms with van der Waals surface area (Å²) in [5.74, 6) is 0.650. The molecule has 0 spiro atoms. The number of sulfonamides is 1. The second-order valence-electron chi connectivity index (χ2n) is 7.42. The maximum atomic E-state index is 13.5. The predicted molar refractivity (Wildman–Crippen MR) is 133 cm³/mol. The Kier molecular flexibility index (Phi) is 8.93. The molecule has 1 amide bonds. The van der Waals surface area contributed by atoms with Crippen molar-refractivity contribution in [1.29, 1.82) is 0 Å². The van der Waals surface area contributed by atoms with Gasteiger partial charge in [0.05, 0.1) is 23.7 Å². The van der Waals surface area contributed by atoms with Gasteiger partial charge in [-0.15, -0.1) is 0 Å². The molecule has 0 aliphatic carbocycles. The van der Waals surface area contributed by atoms with E-state index in [0.29, 0.717) is 23.8 Å².